The van der Waals surface area contributed by atoms with Gasteiger partial charge in [-0.1, -0.05) is 29.8 Å². The number of aryl methyl sites for hydroxylation is 1. The van der Waals surface area contributed by atoms with Crippen molar-refractivity contribution in [1.82, 2.24) is 4.90 Å². The highest BCUT2D eigenvalue weighted by Gasteiger charge is 2.38. The molecule has 0 fully saturated rings. The van der Waals surface area contributed by atoms with E-state index in [0.29, 0.717) is 16.3 Å². The van der Waals surface area contributed by atoms with Crippen LogP contribution < -0.4 is 5.32 Å². The molecule has 0 unspecified atom stereocenters. The lowest BCUT2D eigenvalue weighted by Gasteiger charge is -2.13. The molecule has 0 radical (unpaired) electrons. The van der Waals surface area contributed by atoms with Crippen molar-refractivity contribution in [2.45, 2.75) is 13.8 Å². The van der Waals surface area contributed by atoms with Crippen LogP contribution in [0.5, 0.6) is 0 Å². The third kappa shape index (κ3) is 3.15. The van der Waals surface area contributed by atoms with E-state index in [1.807, 2.05) is 13.0 Å². The molecule has 6 heteroatoms. The SMILES string of the molecule is CCN1C(=O)C(Nc2cc(Cl)ccc2C)=C(c2ccc(F)cc2)C1=O. The van der Waals surface area contributed by atoms with Gasteiger partial charge < -0.3 is 5.32 Å². The number of hydrogen-bond donors (Lipinski definition) is 1. The molecule has 1 N–H and O–H groups in total. The Kier molecular flexibility index (Phi) is 4.59. The number of carbonyl (C=O) groups is 2. The number of nitrogens with zero attached hydrogens (tertiary/aromatic N) is 1. The first-order valence-corrected chi connectivity index (χ1v) is 8.19. The highest BCUT2D eigenvalue weighted by Crippen LogP contribution is 2.32. The van der Waals surface area contributed by atoms with E-state index in [-0.39, 0.29) is 17.8 Å². The number of carbonyl (C=O) groups excluding carboxylic acids is 2. The van der Waals surface area contributed by atoms with Gasteiger partial charge in [-0.2, -0.15) is 0 Å². The van der Waals surface area contributed by atoms with Gasteiger partial charge in [-0.25, -0.2) is 4.39 Å². The Morgan fingerprint density at radius 2 is 1.76 bits per heavy atom. The fourth-order valence-electron chi connectivity index (χ4n) is 2.73. The Morgan fingerprint density at radius 3 is 2.40 bits per heavy atom. The molecule has 2 amide bonds. The molecule has 0 spiro atoms. The Labute approximate surface area is 149 Å². The number of rotatable bonds is 4. The zero-order valence-corrected chi connectivity index (χ0v) is 14.5. The molecule has 0 saturated carbocycles. The van der Waals surface area contributed by atoms with E-state index >= 15 is 0 Å². The summed E-state index contributed by atoms with van der Waals surface area (Å²) >= 11 is 6.03. The molecule has 25 heavy (non-hydrogen) atoms. The van der Waals surface area contributed by atoms with Crippen molar-refractivity contribution >= 4 is 34.7 Å². The van der Waals surface area contributed by atoms with E-state index in [2.05, 4.69) is 5.32 Å². The van der Waals surface area contributed by atoms with Gasteiger partial charge in [0.1, 0.15) is 11.5 Å². The van der Waals surface area contributed by atoms with Crippen LogP contribution in [0, 0.1) is 12.7 Å². The number of benzene rings is 2. The maximum absolute atomic E-state index is 13.2. The van der Waals surface area contributed by atoms with Crippen LogP contribution in [0.15, 0.2) is 48.2 Å². The molecular formula is C19H16ClFN2O2. The minimum atomic E-state index is -0.411. The van der Waals surface area contributed by atoms with Crippen LogP contribution >= 0.6 is 11.6 Å². The van der Waals surface area contributed by atoms with Gasteiger partial charge in [0, 0.05) is 17.3 Å². The minimum absolute atomic E-state index is 0.170. The van der Waals surface area contributed by atoms with Crippen LogP contribution in [0.1, 0.15) is 18.1 Å². The molecule has 2 aromatic carbocycles. The number of nitrogens with one attached hydrogen (secondary N) is 1. The van der Waals surface area contributed by atoms with Crippen LogP contribution in [0.3, 0.4) is 0 Å². The van der Waals surface area contributed by atoms with Crippen molar-refractivity contribution < 1.29 is 14.0 Å². The lowest BCUT2D eigenvalue weighted by molar-refractivity contribution is -0.136. The van der Waals surface area contributed by atoms with Gasteiger partial charge in [0.2, 0.25) is 0 Å². The van der Waals surface area contributed by atoms with Gasteiger partial charge in [-0.15, -0.1) is 0 Å². The maximum atomic E-state index is 13.2. The summed E-state index contributed by atoms with van der Waals surface area (Å²) in [5.74, 6) is -1.22. The fraction of sp³-hybridized carbons (Fsp3) is 0.158. The first kappa shape index (κ1) is 17.2. The number of anilines is 1. The van der Waals surface area contributed by atoms with Gasteiger partial charge in [-0.05, 0) is 49.2 Å². The number of imide groups is 1. The first-order valence-electron chi connectivity index (χ1n) is 7.82. The van der Waals surface area contributed by atoms with Crippen LogP contribution in [-0.4, -0.2) is 23.3 Å². The number of hydrogen-bond acceptors (Lipinski definition) is 3. The van der Waals surface area contributed by atoms with Crippen molar-refractivity contribution in [3.8, 4) is 0 Å². The second-order valence-electron chi connectivity index (χ2n) is 5.70. The van der Waals surface area contributed by atoms with Crippen molar-refractivity contribution in [3.05, 3.63) is 70.1 Å². The van der Waals surface area contributed by atoms with Gasteiger partial charge in [0.25, 0.3) is 11.8 Å². The summed E-state index contributed by atoms with van der Waals surface area (Å²) < 4.78 is 13.2. The smallest absolute Gasteiger partial charge is 0.278 e. The summed E-state index contributed by atoms with van der Waals surface area (Å²) in [5.41, 5.74) is 2.40. The summed E-state index contributed by atoms with van der Waals surface area (Å²) in [5, 5.41) is 3.56. The number of halogens is 2. The molecule has 1 heterocycles. The molecular weight excluding hydrogens is 343 g/mol. The predicted octanol–water partition coefficient (Wildman–Crippen LogP) is 4.00. The van der Waals surface area contributed by atoms with Gasteiger partial charge in [0.15, 0.2) is 0 Å². The van der Waals surface area contributed by atoms with E-state index in [1.54, 1.807) is 19.1 Å². The summed E-state index contributed by atoms with van der Waals surface area (Å²) in [6.07, 6.45) is 0. The Bertz CT molecular complexity index is 891. The van der Waals surface area contributed by atoms with E-state index in [4.69, 9.17) is 11.6 Å². The zero-order chi connectivity index (χ0) is 18.1. The zero-order valence-electron chi connectivity index (χ0n) is 13.8. The van der Waals surface area contributed by atoms with Crippen LogP contribution in [0.25, 0.3) is 5.57 Å². The lowest BCUT2D eigenvalue weighted by atomic mass is 10.0. The van der Waals surface area contributed by atoms with Crippen LogP contribution in [-0.2, 0) is 9.59 Å². The van der Waals surface area contributed by atoms with E-state index in [0.717, 1.165) is 10.5 Å². The molecule has 1 aliphatic rings. The average molecular weight is 359 g/mol. The molecule has 0 saturated heterocycles. The average Bonchev–Trinajstić information content (AvgIpc) is 2.82. The molecule has 4 nitrogen and oxygen atoms in total. The summed E-state index contributed by atoms with van der Waals surface area (Å²) in [6, 6.07) is 10.8. The summed E-state index contributed by atoms with van der Waals surface area (Å²) in [7, 11) is 0. The van der Waals surface area contributed by atoms with Crippen molar-refractivity contribution in [2.75, 3.05) is 11.9 Å². The monoisotopic (exact) mass is 358 g/mol. The molecule has 128 valence electrons. The third-order valence-corrected chi connectivity index (χ3v) is 4.31. The van der Waals surface area contributed by atoms with Crippen LogP contribution in [0.2, 0.25) is 5.02 Å². The largest absolute Gasteiger partial charge is 0.350 e. The quantitative estimate of drug-likeness (QED) is 0.840. The lowest BCUT2D eigenvalue weighted by Crippen LogP contribution is -2.32. The Hall–Kier alpha value is -2.66. The number of amides is 2. The minimum Gasteiger partial charge on any atom is -0.350 e. The van der Waals surface area contributed by atoms with Gasteiger partial charge >= 0.3 is 0 Å². The van der Waals surface area contributed by atoms with Gasteiger partial charge in [-0.3, -0.25) is 14.5 Å². The highest BCUT2D eigenvalue weighted by molar-refractivity contribution is 6.36. The summed E-state index contributed by atoms with van der Waals surface area (Å²) in [4.78, 5) is 26.5. The Morgan fingerprint density at radius 1 is 1.08 bits per heavy atom. The maximum Gasteiger partial charge on any atom is 0.278 e. The molecule has 1 aliphatic heterocycles. The van der Waals surface area contributed by atoms with E-state index < -0.39 is 17.6 Å². The molecule has 3 rings (SSSR count). The second-order valence-corrected chi connectivity index (χ2v) is 6.13. The standard InChI is InChI=1S/C19H16ClFN2O2/c1-3-23-18(24)16(12-5-8-14(21)9-6-12)17(19(23)25)22-15-10-13(20)7-4-11(15)2/h4-10,22H,3H2,1-2H3. The third-order valence-electron chi connectivity index (χ3n) is 4.08. The molecule has 0 bridgehead atoms. The number of likely N-dealkylation sites (N-methyl/N-ethyl adjacent to an activating group) is 1. The molecule has 0 aliphatic carbocycles. The highest BCUT2D eigenvalue weighted by atomic mass is 35.5. The second kappa shape index (κ2) is 6.69. The van der Waals surface area contributed by atoms with Crippen molar-refractivity contribution in [2.24, 2.45) is 0 Å². The Balaban J connectivity index is 2.12. The first-order chi connectivity index (χ1) is 11.9. The predicted molar refractivity (Wildman–Crippen MR) is 95.5 cm³/mol. The van der Waals surface area contributed by atoms with Crippen molar-refractivity contribution in [1.29, 1.82) is 0 Å². The fourth-order valence-corrected chi connectivity index (χ4v) is 2.90. The van der Waals surface area contributed by atoms with Crippen molar-refractivity contribution in [3.63, 3.8) is 0 Å². The normalized spacial score (nSPS) is 14.5. The molecule has 0 atom stereocenters. The summed E-state index contributed by atoms with van der Waals surface area (Å²) in [6.45, 7) is 3.85. The molecule has 2 aromatic rings. The van der Waals surface area contributed by atoms with E-state index in [1.165, 1.54) is 24.3 Å². The van der Waals surface area contributed by atoms with Gasteiger partial charge in [0.05, 0.1) is 5.57 Å². The van der Waals surface area contributed by atoms with E-state index in [9.17, 15) is 14.0 Å². The van der Waals surface area contributed by atoms with Crippen LogP contribution in [0.4, 0.5) is 10.1 Å². The topological polar surface area (TPSA) is 49.4 Å². The molecule has 0 aromatic heterocycles.